The van der Waals surface area contributed by atoms with Gasteiger partial charge in [0.1, 0.15) is 17.3 Å². The van der Waals surface area contributed by atoms with Gasteiger partial charge in [0.2, 0.25) is 6.41 Å². The van der Waals surface area contributed by atoms with E-state index in [-0.39, 0.29) is 23.7 Å². The second kappa shape index (κ2) is 13.1. The molecule has 0 atom stereocenters. The van der Waals surface area contributed by atoms with Gasteiger partial charge in [-0.2, -0.15) is 0 Å². The third-order valence-electron chi connectivity index (χ3n) is 4.37. The molecule has 7 nitrogen and oxygen atoms in total. The normalized spacial score (nSPS) is 11.8. The van der Waals surface area contributed by atoms with Crippen LogP contribution in [0.1, 0.15) is 32.3 Å². The van der Waals surface area contributed by atoms with E-state index < -0.39 is 0 Å². The number of hydrogen-bond acceptors (Lipinski definition) is 6. The molecule has 0 aromatic heterocycles. The summed E-state index contributed by atoms with van der Waals surface area (Å²) in [5.74, 6) is 0.490. The fourth-order valence-electron chi connectivity index (χ4n) is 2.66. The molecule has 0 spiro atoms. The Kier molecular flexibility index (Phi) is 10.9. The zero-order chi connectivity index (χ0) is 23.4. The molecule has 0 fully saturated rings. The first-order chi connectivity index (χ1) is 14.7. The fourth-order valence-corrected chi connectivity index (χ4v) is 2.93. The molecule has 1 amide bonds. The molecule has 0 unspecified atom stereocenters. The number of amidine groups is 1. The summed E-state index contributed by atoms with van der Waals surface area (Å²) in [6.07, 6.45) is 1.61. The molecular weight excluding hydrogens is 410 g/mol. The number of carbonyl (C=O) groups excluding carboxylic acids is 1. The van der Waals surface area contributed by atoms with Gasteiger partial charge in [-0.25, -0.2) is 4.99 Å². The predicted octanol–water partition coefficient (Wildman–Crippen LogP) is 4.42. The lowest BCUT2D eigenvalue weighted by Gasteiger charge is -2.14. The molecule has 7 N–H and O–H groups in total. The summed E-state index contributed by atoms with van der Waals surface area (Å²) in [4.78, 5) is 13.7. The average Bonchev–Trinajstić information content (AvgIpc) is 2.75. The Morgan fingerprint density at radius 1 is 1.26 bits per heavy atom. The number of aliphatic hydroxyl groups excluding tert-OH is 1. The van der Waals surface area contributed by atoms with Crippen LogP contribution in [0.25, 0.3) is 0 Å². The largest absolute Gasteiger partial charge is 0.505 e. The van der Waals surface area contributed by atoms with Crippen LogP contribution in [0, 0.1) is 11.3 Å². The Balaban J connectivity index is 0.00000151. The quantitative estimate of drug-likeness (QED) is 0.119. The van der Waals surface area contributed by atoms with E-state index in [1.54, 1.807) is 12.1 Å². The number of nitrogens with zero attached hydrogens (tertiary/aromatic N) is 1. The number of nitrogens with two attached hydrogens (primary N) is 2. The van der Waals surface area contributed by atoms with Crippen molar-refractivity contribution in [1.82, 2.24) is 0 Å². The van der Waals surface area contributed by atoms with E-state index in [1.165, 1.54) is 0 Å². The molecule has 31 heavy (non-hydrogen) atoms. The minimum atomic E-state index is -0.138. The first kappa shape index (κ1) is 25.8. The molecule has 8 heteroatoms. The minimum absolute atomic E-state index is 0.0362. The Morgan fingerprint density at radius 2 is 1.87 bits per heavy atom. The number of carbonyl (C=O) groups is 1. The second-order valence-electron chi connectivity index (χ2n) is 7.09. The Bertz CT molecular complexity index is 940. The van der Waals surface area contributed by atoms with Gasteiger partial charge >= 0.3 is 0 Å². The van der Waals surface area contributed by atoms with Crippen molar-refractivity contribution >= 4 is 42.0 Å². The van der Waals surface area contributed by atoms with E-state index in [0.717, 1.165) is 12.1 Å². The molecule has 0 heterocycles. The summed E-state index contributed by atoms with van der Waals surface area (Å²) in [5, 5.41) is 22.2. The van der Waals surface area contributed by atoms with Gasteiger partial charge in [-0.05, 0) is 37.0 Å². The van der Waals surface area contributed by atoms with E-state index in [2.05, 4.69) is 42.5 Å². The highest BCUT2D eigenvalue weighted by atomic mass is 32.1. The number of anilines is 1. The van der Waals surface area contributed by atoms with Gasteiger partial charge in [0.05, 0.1) is 5.69 Å². The number of aliphatic imine (C=N–C) groups is 1. The van der Waals surface area contributed by atoms with Crippen LogP contribution in [-0.2, 0) is 4.79 Å². The van der Waals surface area contributed by atoms with Crippen molar-refractivity contribution in [1.29, 1.82) is 5.41 Å². The first-order valence-electron chi connectivity index (χ1n) is 9.82. The second-order valence-corrected chi connectivity index (χ2v) is 7.57. The van der Waals surface area contributed by atoms with Crippen LogP contribution in [0.3, 0.4) is 0 Å². The van der Waals surface area contributed by atoms with Gasteiger partial charge in [0.25, 0.3) is 0 Å². The van der Waals surface area contributed by atoms with E-state index in [0.29, 0.717) is 34.1 Å². The maximum absolute atomic E-state index is 10.8. The highest BCUT2D eigenvalue weighted by molar-refractivity contribution is 7.80. The fraction of sp³-hybridized carbons (Fsp3) is 0.261. The molecular formula is C23H31N5O2S. The Morgan fingerprint density at radius 3 is 2.39 bits per heavy atom. The summed E-state index contributed by atoms with van der Waals surface area (Å²) in [6.45, 7) is 4.21. The van der Waals surface area contributed by atoms with Crippen molar-refractivity contribution in [2.75, 3.05) is 12.4 Å². The highest BCUT2D eigenvalue weighted by Gasteiger charge is 2.17. The topological polar surface area (TPSA) is 138 Å². The first-order valence-corrected chi connectivity index (χ1v) is 10.3. The number of nitrogens with one attached hydrogen (secondary N) is 2. The Hall–Kier alpha value is -3.26. The molecule has 166 valence electrons. The lowest BCUT2D eigenvalue weighted by atomic mass is 9.97. The highest BCUT2D eigenvalue weighted by Crippen LogP contribution is 2.28. The summed E-state index contributed by atoms with van der Waals surface area (Å²) < 4.78 is 0. The molecule has 0 aliphatic rings. The van der Waals surface area contributed by atoms with E-state index >= 15 is 0 Å². The molecule has 0 bridgehead atoms. The number of hydrogen-bond donors (Lipinski definition) is 6. The third-order valence-corrected chi connectivity index (χ3v) is 4.73. The van der Waals surface area contributed by atoms with Crippen LogP contribution in [0.5, 0.6) is 0 Å². The average molecular weight is 442 g/mol. The van der Waals surface area contributed by atoms with Crippen molar-refractivity contribution in [3.63, 3.8) is 0 Å². The number of amides is 1. The van der Waals surface area contributed by atoms with Crippen LogP contribution in [0.15, 0.2) is 69.8 Å². The maximum atomic E-state index is 10.8. The molecule has 0 aliphatic heterocycles. The van der Waals surface area contributed by atoms with Gasteiger partial charge < -0.3 is 21.9 Å². The van der Waals surface area contributed by atoms with Crippen LogP contribution in [0.4, 0.5) is 11.4 Å². The number of primary amides is 1. The third kappa shape index (κ3) is 8.18. The van der Waals surface area contributed by atoms with Crippen molar-refractivity contribution < 1.29 is 9.90 Å². The predicted molar refractivity (Wildman–Crippen MR) is 132 cm³/mol. The Labute approximate surface area is 189 Å². The van der Waals surface area contributed by atoms with E-state index in [9.17, 15) is 5.11 Å². The molecule has 0 radical (unpaired) electrons. The molecule has 2 rings (SSSR count). The van der Waals surface area contributed by atoms with Gasteiger partial charge in [0, 0.05) is 28.8 Å². The van der Waals surface area contributed by atoms with Crippen LogP contribution in [0.2, 0.25) is 0 Å². The molecule has 2 aromatic rings. The monoisotopic (exact) mass is 441 g/mol. The van der Waals surface area contributed by atoms with Crippen molar-refractivity contribution in [3.8, 4) is 0 Å². The van der Waals surface area contributed by atoms with Crippen LogP contribution in [-0.4, -0.2) is 30.1 Å². The zero-order valence-corrected chi connectivity index (χ0v) is 19.0. The van der Waals surface area contributed by atoms with Crippen molar-refractivity contribution in [3.05, 3.63) is 65.4 Å². The van der Waals surface area contributed by atoms with Gasteiger partial charge in [-0.15, -0.1) is 12.6 Å². The SMILES string of the molecule is CNc1ccc(N=C(N)/C(CCC(C)C)=C(\O)C(=N)c2ccccc2)c(S)c1.NC=O. The molecule has 0 aliphatic carbocycles. The maximum Gasteiger partial charge on any atom is 0.204 e. The number of rotatable bonds is 8. The van der Waals surface area contributed by atoms with Crippen molar-refractivity contribution in [2.24, 2.45) is 22.4 Å². The van der Waals surface area contributed by atoms with E-state index in [1.807, 2.05) is 43.4 Å². The summed E-state index contributed by atoms with van der Waals surface area (Å²) in [6, 6.07) is 14.7. The summed E-state index contributed by atoms with van der Waals surface area (Å²) >= 11 is 4.48. The molecule has 2 aromatic carbocycles. The molecule has 0 saturated carbocycles. The van der Waals surface area contributed by atoms with Gasteiger partial charge in [-0.1, -0.05) is 44.2 Å². The lowest BCUT2D eigenvalue weighted by Crippen LogP contribution is -2.20. The number of thiol groups is 1. The van der Waals surface area contributed by atoms with Crippen LogP contribution >= 0.6 is 12.6 Å². The number of allylic oxidation sites excluding steroid dienone is 1. The van der Waals surface area contributed by atoms with Gasteiger partial charge in [0.15, 0.2) is 0 Å². The van der Waals surface area contributed by atoms with Crippen LogP contribution < -0.4 is 16.8 Å². The minimum Gasteiger partial charge on any atom is -0.505 e. The van der Waals surface area contributed by atoms with Gasteiger partial charge in [-0.3, -0.25) is 10.2 Å². The number of aliphatic hydroxyl groups is 1. The molecule has 0 saturated heterocycles. The van der Waals surface area contributed by atoms with E-state index in [4.69, 9.17) is 15.9 Å². The summed E-state index contributed by atoms with van der Waals surface area (Å²) in [5.41, 5.74) is 13.1. The summed E-state index contributed by atoms with van der Waals surface area (Å²) in [7, 11) is 1.83. The smallest absolute Gasteiger partial charge is 0.204 e. The number of benzene rings is 2. The standard InChI is InChI=1S/C22H28N4OS.CH3NO/c1-14(2)9-11-17(21(27)20(23)15-7-5-4-6-8-15)22(24)26-18-12-10-16(25-3)13-19(18)28;2-1-3/h4-8,10,12-14,23,25,27-28H,9,11H2,1-3H3,(H2,24,26);1H,(H2,2,3)/b21-17-,23-20?;. The zero-order valence-electron chi connectivity index (χ0n) is 18.1. The lowest BCUT2D eigenvalue weighted by molar-refractivity contribution is -0.106. The van der Waals surface area contributed by atoms with Crippen molar-refractivity contribution in [2.45, 2.75) is 31.6 Å².